The third kappa shape index (κ3) is 4.26. The van der Waals surface area contributed by atoms with E-state index in [0.29, 0.717) is 5.92 Å². The monoisotopic (exact) mass is 358 g/mol. The summed E-state index contributed by atoms with van der Waals surface area (Å²) in [5.74, 6) is 0.561. The standard InChI is InChI=1S/C24H26N2O/c27-18-23-6-1-2-9-24(23)20-10-13-26(14-11-20)17-19-5-3-7-21(15-19)22-8-4-12-25-16-22/h1-9,12,15-16,20,27H,10-11,13-14,17-18H2. The molecule has 1 saturated heterocycles. The lowest BCUT2D eigenvalue weighted by Crippen LogP contribution is -2.32. The summed E-state index contributed by atoms with van der Waals surface area (Å²) < 4.78 is 0. The smallest absolute Gasteiger partial charge is 0.0684 e. The first-order valence-electron chi connectivity index (χ1n) is 9.74. The highest BCUT2D eigenvalue weighted by molar-refractivity contribution is 5.62. The van der Waals surface area contributed by atoms with E-state index in [4.69, 9.17) is 0 Å². The third-order valence-corrected chi connectivity index (χ3v) is 5.58. The van der Waals surface area contributed by atoms with Crippen LogP contribution in [0.1, 0.15) is 35.4 Å². The van der Waals surface area contributed by atoms with Crippen molar-refractivity contribution in [1.29, 1.82) is 0 Å². The van der Waals surface area contributed by atoms with E-state index in [2.05, 4.69) is 52.3 Å². The largest absolute Gasteiger partial charge is 0.392 e. The molecule has 0 saturated carbocycles. The molecule has 3 heteroatoms. The van der Waals surface area contributed by atoms with E-state index in [1.165, 1.54) is 22.3 Å². The number of benzene rings is 2. The number of aliphatic hydroxyl groups excluding tert-OH is 1. The van der Waals surface area contributed by atoms with Gasteiger partial charge in [0.1, 0.15) is 0 Å². The van der Waals surface area contributed by atoms with Gasteiger partial charge in [0.25, 0.3) is 0 Å². The zero-order valence-corrected chi connectivity index (χ0v) is 15.6. The van der Waals surface area contributed by atoms with Crippen LogP contribution in [0.3, 0.4) is 0 Å². The number of nitrogens with zero attached hydrogens (tertiary/aromatic N) is 2. The van der Waals surface area contributed by atoms with Crippen LogP contribution in [0.2, 0.25) is 0 Å². The van der Waals surface area contributed by atoms with Crippen molar-refractivity contribution in [2.24, 2.45) is 0 Å². The molecule has 138 valence electrons. The Morgan fingerprint density at radius 1 is 0.926 bits per heavy atom. The van der Waals surface area contributed by atoms with Gasteiger partial charge < -0.3 is 5.11 Å². The zero-order chi connectivity index (χ0) is 18.5. The highest BCUT2D eigenvalue weighted by Crippen LogP contribution is 2.31. The van der Waals surface area contributed by atoms with Crippen LogP contribution in [0.4, 0.5) is 0 Å². The van der Waals surface area contributed by atoms with Crippen LogP contribution in [-0.2, 0) is 13.2 Å². The second kappa shape index (κ2) is 8.47. The van der Waals surface area contributed by atoms with Crippen LogP contribution in [-0.4, -0.2) is 28.1 Å². The van der Waals surface area contributed by atoms with Gasteiger partial charge in [-0.1, -0.05) is 48.5 Å². The highest BCUT2D eigenvalue weighted by Gasteiger charge is 2.22. The molecule has 2 heterocycles. The molecule has 1 N–H and O–H groups in total. The van der Waals surface area contributed by atoms with Crippen LogP contribution < -0.4 is 0 Å². The van der Waals surface area contributed by atoms with Crippen LogP contribution in [0.25, 0.3) is 11.1 Å². The Labute approximate surface area is 161 Å². The topological polar surface area (TPSA) is 36.4 Å². The first-order valence-corrected chi connectivity index (χ1v) is 9.74. The molecule has 0 radical (unpaired) electrons. The second-order valence-electron chi connectivity index (χ2n) is 7.35. The molecule has 0 aliphatic carbocycles. The van der Waals surface area contributed by atoms with E-state index < -0.39 is 0 Å². The van der Waals surface area contributed by atoms with Gasteiger partial charge in [-0.2, -0.15) is 0 Å². The summed E-state index contributed by atoms with van der Waals surface area (Å²) in [6.07, 6.45) is 6.04. The fourth-order valence-electron chi connectivity index (χ4n) is 4.12. The van der Waals surface area contributed by atoms with Crippen LogP contribution in [0.5, 0.6) is 0 Å². The predicted molar refractivity (Wildman–Crippen MR) is 109 cm³/mol. The maximum absolute atomic E-state index is 9.60. The minimum Gasteiger partial charge on any atom is -0.392 e. The molecular weight excluding hydrogens is 332 g/mol. The Hall–Kier alpha value is -2.49. The average Bonchev–Trinajstić information content (AvgIpc) is 2.75. The molecule has 3 aromatic rings. The number of likely N-dealkylation sites (tertiary alicyclic amines) is 1. The maximum Gasteiger partial charge on any atom is 0.0684 e. The molecule has 0 spiro atoms. The Balaban J connectivity index is 1.40. The van der Waals surface area contributed by atoms with Gasteiger partial charge in [0.15, 0.2) is 0 Å². The van der Waals surface area contributed by atoms with E-state index in [1.807, 2.05) is 30.6 Å². The lowest BCUT2D eigenvalue weighted by atomic mass is 9.86. The average molecular weight is 358 g/mol. The third-order valence-electron chi connectivity index (χ3n) is 5.58. The van der Waals surface area contributed by atoms with Gasteiger partial charge in [0, 0.05) is 18.9 Å². The highest BCUT2D eigenvalue weighted by atomic mass is 16.3. The minimum atomic E-state index is 0.136. The number of hydrogen-bond acceptors (Lipinski definition) is 3. The summed E-state index contributed by atoms with van der Waals surface area (Å²) in [7, 11) is 0. The molecule has 1 aliphatic heterocycles. The molecule has 1 fully saturated rings. The van der Waals surface area contributed by atoms with Gasteiger partial charge >= 0.3 is 0 Å². The fraction of sp³-hybridized carbons (Fsp3) is 0.292. The molecule has 2 aromatic carbocycles. The molecule has 0 amide bonds. The Bertz CT molecular complexity index is 870. The number of rotatable bonds is 5. The van der Waals surface area contributed by atoms with Gasteiger partial charge in [-0.25, -0.2) is 0 Å². The summed E-state index contributed by atoms with van der Waals surface area (Å²) in [6.45, 7) is 3.32. The second-order valence-corrected chi connectivity index (χ2v) is 7.35. The van der Waals surface area contributed by atoms with Gasteiger partial charge in [-0.15, -0.1) is 0 Å². The predicted octanol–water partition coefficient (Wildman–Crippen LogP) is 4.62. The number of piperidine rings is 1. The quantitative estimate of drug-likeness (QED) is 0.723. The number of aromatic nitrogens is 1. The van der Waals surface area contributed by atoms with Crippen molar-refractivity contribution >= 4 is 0 Å². The molecule has 1 aromatic heterocycles. The van der Waals surface area contributed by atoms with E-state index >= 15 is 0 Å². The first-order chi connectivity index (χ1) is 13.3. The molecule has 0 unspecified atom stereocenters. The van der Waals surface area contributed by atoms with Crippen LogP contribution in [0.15, 0.2) is 73.1 Å². The lowest BCUT2D eigenvalue weighted by Gasteiger charge is -2.33. The van der Waals surface area contributed by atoms with E-state index in [-0.39, 0.29) is 6.61 Å². The molecule has 1 aliphatic rings. The number of pyridine rings is 1. The molecule has 0 bridgehead atoms. The normalized spacial score (nSPS) is 15.7. The first kappa shape index (κ1) is 17.9. The van der Waals surface area contributed by atoms with Crippen LogP contribution in [0, 0.1) is 0 Å². The van der Waals surface area contributed by atoms with Crippen molar-refractivity contribution in [1.82, 2.24) is 9.88 Å². The minimum absolute atomic E-state index is 0.136. The summed E-state index contributed by atoms with van der Waals surface area (Å²) in [6, 6.07) is 21.2. The SMILES string of the molecule is OCc1ccccc1C1CCN(Cc2cccc(-c3cccnc3)c2)CC1. The Morgan fingerprint density at radius 3 is 2.52 bits per heavy atom. The van der Waals surface area contributed by atoms with Gasteiger partial charge in [0.05, 0.1) is 6.61 Å². The van der Waals surface area contributed by atoms with Gasteiger partial charge in [-0.3, -0.25) is 9.88 Å². The van der Waals surface area contributed by atoms with Crippen LogP contribution >= 0.6 is 0 Å². The summed E-state index contributed by atoms with van der Waals surface area (Å²) in [5.41, 5.74) is 6.16. The molecule has 3 nitrogen and oxygen atoms in total. The number of aliphatic hydroxyl groups is 1. The molecule has 4 rings (SSSR count). The van der Waals surface area contributed by atoms with Crippen molar-refractivity contribution < 1.29 is 5.11 Å². The van der Waals surface area contributed by atoms with E-state index in [9.17, 15) is 5.11 Å². The lowest BCUT2D eigenvalue weighted by molar-refractivity contribution is 0.203. The van der Waals surface area contributed by atoms with Crippen molar-refractivity contribution in [3.63, 3.8) is 0 Å². The summed E-state index contributed by atoms with van der Waals surface area (Å²) in [5, 5.41) is 9.60. The van der Waals surface area contributed by atoms with Gasteiger partial charge in [0.2, 0.25) is 0 Å². The van der Waals surface area contributed by atoms with Crippen molar-refractivity contribution in [2.75, 3.05) is 13.1 Å². The maximum atomic E-state index is 9.60. The summed E-state index contributed by atoms with van der Waals surface area (Å²) >= 11 is 0. The van der Waals surface area contributed by atoms with E-state index in [1.54, 1.807) is 0 Å². The van der Waals surface area contributed by atoms with E-state index in [0.717, 1.165) is 38.0 Å². The Kier molecular flexibility index (Phi) is 5.61. The summed E-state index contributed by atoms with van der Waals surface area (Å²) in [4.78, 5) is 6.77. The molecule has 27 heavy (non-hydrogen) atoms. The number of hydrogen-bond donors (Lipinski definition) is 1. The van der Waals surface area contributed by atoms with Gasteiger partial charge in [-0.05, 0) is 71.8 Å². The van der Waals surface area contributed by atoms with Crippen molar-refractivity contribution in [2.45, 2.75) is 31.9 Å². The Morgan fingerprint density at radius 2 is 1.74 bits per heavy atom. The zero-order valence-electron chi connectivity index (χ0n) is 15.6. The molecular formula is C24H26N2O. The van der Waals surface area contributed by atoms with Crippen molar-refractivity contribution in [3.05, 3.63) is 89.7 Å². The fourth-order valence-corrected chi connectivity index (χ4v) is 4.12. The van der Waals surface area contributed by atoms with Crippen molar-refractivity contribution in [3.8, 4) is 11.1 Å². The molecule has 0 atom stereocenters.